The Hall–Kier alpha value is -1.41. The lowest BCUT2D eigenvalue weighted by atomic mass is 9.53. The zero-order valence-electron chi connectivity index (χ0n) is 19.9. The van der Waals surface area contributed by atoms with E-state index in [0.717, 1.165) is 44.9 Å². The van der Waals surface area contributed by atoms with Crippen LogP contribution in [0.15, 0.2) is 42.0 Å². The summed E-state index contributed by atoms with van der Waals surface area (Å²) in [6.45, 7) is 6.63. The summed E-state index contributed by atoms with van der Waals surface area (Å²) in [5, 5.41) is 10.3. The summed E-state index contributed by atoms with van der Waals surface area (Å²) in [5.74, 6) is 2.43. The molecule has 31 heavy (non-hydrogen) atoms. The fourth-order valence-electron chi connectivity index (χ4n) is 7.47. The van der Waals surface area contributed by atoms with Crippen molar-refractivity contribution in [2.24, 2.45) is 28.6 Å². The van der Waals surface area contributed by atoms with Crippen LogP contribution in [0.1, 0.15) is 90.5 Å². The van der Waals surface area contributed by atoms with Gasteiger partial charge < -0.3 is 5.11 Å². The van der Waals surface area contributed by atoms with Crippen LogP contribution in [-0.2, 0) is 11.2 Å². The standard InChI is InChI=1S/C29H42O2/c1-4-5-11-27-26(13-12-24-18-25(31)15-16-28(24,27)3)23-14-17-29(20-23,21(2)30)19-22-9-7-6-8-10-22/h6-10,12,23,25-27,31H,4-5,11,13-20H2,1-3H3/t23?,25-,26?,27?,28-,29+/m0/s1. The molecule has 0 radical (unpaired) electrons. The molecule has 0 heterocycles. The van der Waals surface area contributed by atoms with Gasteiger partial charge in [-0.1, -0.05) is 68.7 Å². The fourth-order valence-corrected chi connectivity index (χ4v) is 7.47. The molecule has 2 saturated carbocycles. The third-order valence-electron chi connectivity index (χ3n) is 9.41. The molecule has 2 heteroatoms. The maximum Gasteiger partial charge on any atom is 0.136 e. The van der Waals surface area contributed by atoms with Gasteiger partial charge in [-0.3, -0.25) is 4.79 Å². The Balaban J connectivity index is 1.58. The van der Waals surface area contributed by atoms with Gasteiger partial charge in [0.1, 0.15) is 5.78 Å². The highest BCUT2D eigenvalue weighted by Crippen LogP contribution is 2.59. The number of Topliss-reactive ketones (excluding diaryl/α,β-unsaturated/α-hetero) is 1. The van der Waals surface area contributed by atoms with Crippen LogP contribution in [-0.4, -0.2) is 17.0 Å². The first-order chi connectivity index (χ1) is 14.9. The Labute approximate surface area is 189 Å². The van der Waals surface area contributed by atoms with Crippen LogP contribution < -0.4 is 0 Å². The highest BCUT2D eigenvalue weighted by Gasteiger charge is 2.52. The monoisotopic (exact) mass is 422 g/mol. The van der Waals surface area contributed by atoms with Crippen LogP contribution in [0.25, 0.3) is 0 Å². The molecule has 3 aliphatic rings. The summed E-state index contributed by atoms with van der Waals surface area (Å²) in [5.41, 5.74) is 2.91. The number of unbranched alkanes of at least 4 members (excludes halogenated alkanes) is 1. The number of fused-ring (bicyclic) bond motifs is 1. The van der Waals surface area contributed by atoms with Gasteiger partial charge in [-0.15, -0.1) is 0 Å². The highest BCUT2D eigenvalue weighted by atomic mass is 16.3. The van der Waals surface area contributed by atoms with Crippen LogP contribution in [0.4, 0.5) is 0 Å². The Bertz CT molecular complexity index is 796. The van der Waals surface area contributed by atoms with Gasteiger partial charge in [0.2, 0.25) is 0 Å². The first-order valence-corrected chi connectivity index (χ1v) is 12.8. The second kappa shape index (κ2) is 9.22. The molecule has 4 rings (SSSR count). The average Bonchev–Trinajstić information content (AvgIpc) is 3.18. The van der Waals surface area contributed by atoms with Crippen molar-refractivity contribution in [2.45, 2.75) is 97.5 Å². The van der Waals surface area contributed by atoms with Crippen molar-refractivity contribution in [2.75, 3.05) is 0 Å². The van der Waals surface area contributed by atoms with Crippen LogP contribution in [0, 0.1) is 28.6 Å². The molecular weight excluding hydrogens is 380 g/mol. The van der Waals surface area contributed by atoms with Crippen LogP contribution in [0.2, 0.25) is 0 Å². The molecule has 0 aliphatic heterocycles. The van der Waals surface area contributed by atoms with E-state index < -0.39 is 0 Å². The molecule has 1 aromatic rings. The van der Waals surface area contributed by atoms with E-state index in [-0.39, 0.29) is 16.9 Å². The minimum atomic E-state index is -0.172. The quantitative estimate of drug-likeness (QED) is 0.485. The minimum Gasteiger partial charge on any atom is -0.393 e. The molecule has 3 aliphatic carbocycles. The Morgan fingerprint density at radius 1 is 1.16 bits per heavy atom. The summed E-state index contributed by atoms with van der Waals surface area (Å²) in [6, 6.07) is 10.6. The molecular formula is C29H42O2. The minimum absolute atomic E-state index is 0.148. The molecule has 0 aromatic heterocycles. The SMILES string of the molecule is CCCCC1C(C2CC[C@](Cc3ccccc3)(C(C)=O)C2)CC=C2C[C@@H](O)CC[C@@]21C. The highest BCUT2D eigenvalue weighted by molar-refractivity contribution is 5.83. The molecule has 6 atom stereocenters. The summed E-state index contributed by atoms with van der Waals surface area (Å²) >= 11 is 0. The molecule has 3 unspecified atom stereocenters. The Kier molecular flexibility index (Phi) is 6.77. The molecule has 2 nitrogen and oxygen atoms in total. The van der Waals surface area contributed by atoms with E-state index in [0.29, 0.717) is 23.5 Å². The van der Waals surface area contributed by atoms with Gasteiger partial charge in [0.05, 0.1) is 6.10 Å². The lowest BCUT2D eigenvalue weighted by Crippen LogP contribution is -2.44. The maximum atomic E-state index is 12.9. The van der Waals surface area contributed by atoms with Crippen molar-refractivity contribution < 1.29 is 9.90 Å². The van der Waals surface area contributed by atoms with Crippen molar-refractivity contribution in [1.82, 2.24) is 0 Å². The topological polar surface area (TPSA) is 37.3 Å². The molecule has 2 fully saturated rings. The number of carbonyl (C=O) groups excluding carboxylic acids is 1. The third-order valence-corrected chi connectivity index (χ3v) is 9.41. The van der Waals surface area contributed by atoms with E-state index in [9.17, 15) is 9.90 Å². The zero-order chi connectivity index (χ0) is 22.1. The van der Waals surface area contributed by atoms with Crippen molar-refractivity contribution in [3.05, 3.63) is 47.5 Å². The first-order valence-electron chi connectivity index (χ1n) is 12.8. The van der Waals surface area contributed by atoms with Gasteiger partial charge in [-0.25, -0.2) is 0 Å². The van der Waals surface area contributed by atoms with Crippen LogP contribution in [0.3, 0.4) is 0 Å². The molecule has 0 amide bonds. The predicted molar refractivity (Wildman–Crippen MR) is 128 cm³/mol. The van der Waals surface area contributed by atoms with Gasteiger partial charge >= 0.3 is 0 Å². The number of ketones is 1. The van der Waals surface area contributed by atoms with Crippen molar-refractivity contribution in [3.8, 4) is 0 Å². The normalized spacial score (nSPS) is 37.9. The number of aliphatic hydroxyl groups excluding tert-OH is 1. The second-order valence-corrected chi connectivity index (χ2v) is 11.2. The van der Waals surface area contributed by atoms with Gasteiger partial charge in [0.15, 0.2) is 0 Å². The van der Waals surface area contributed by atoms with Crippen LogP contribution in [0.5, 0.6) is 0 Å². The molecule has 0 bridgehead atoms. The first kappa shape index (κ1) is 22.8. The fraction of sp³-hybridized carbons (Fsp3) is 0.690. The maximum absolute atomic E-state index is 12.9. The smallest absolute Gasteiger partial charge is 0.136 e. The molecule has 170 valence electrons. The second-order valence-electron chi connectivity index (χ2n) is 11.2. The van der Waals surface area contributed by atoms with E-state index in [1.807, 2.05) is 6.92 Å². The summed E-state index contributed by atoms with van der Waals surface area (Å²) in [4.78, 5) is 12.9. The summed E-state index contributed by atoms with van der Waals surface area (Å²) in [6.07, 6.45) is 14.5. The number of carbonyl (C=O) groups is 1. The number of allylic oxidation sites excluding steroid dienone is 1. The van der Waals surface area contributed by atoms with E-state index in [4.69, 9.17) is 0 Å². The number of benzene rings is 1. The van der Waals surface area contributed by atoms with Gasteiger partial charge in [0, 0.05) is 5.41 Å². The van der Waals surface area contributed by atoms with Crippen molar-refractivity contribution in [3.63, 3.8) is 0 Å². The van der Waals surface area contributed by atoms with Gasteiger partial charge in [-0.05, 0) is 93.4 Å². The molecule has 0 spiro atoms. The largest absolute Gasteiger partial charge is 0.393 e. The van der Waals surface area contributed by atoms with Crippen molar-refractivity contribution in [1.29, 1.82) is 0 Å². The average molecular weight is 423 g/mol. The summed E-state index contributed by atoms with van der Waals surface area (Å²) < 4.78 is 0. The van der Waals surface area contributed by atoms with Gasteiger partial charge in [-0.2, -0.15) is 0 Å². The van der Waals surface area contributed by atoms with E-state index in [2.05, 4.69) is 50.3 Å². The lowest BCUT2D eigenvalue weighted by molar-refractivity contribution is -0.126. The van der Waals surface area contributed by atoms with E-state index in [1.165, 1.54) is 36.8 Å². The lowest BCUT2D eigenvalue weighted by Gasteiger charge is -2.52. The van der Waals surface area contributed by atoms with E-state index in [1.54, 1.807) is 0 Å². The summed E-state index contributed by atoms with van der Waals surface area (Å²) in [7, 11) is 0. The van der Waals surface area contributed by atoms with Gasteiger partial charge in [0.25, 0.3) is 0 Å². The molecule has 1 aromatic carbocycles. The molecule has 0 saturated heterocycles. The number of hydrogen-bond acceptors (Lipinski definition) is 2. The zero-order valence-corrected chi connectivity index (χ0v) is 19.9. The Morgan fingerprint density at radius 3 is 2.65 bits per heavy atom. The molecule has 1 N–H and O–H groups in total. The van der Waals surface area contributed by atoms with Crippen molar-refractivity contribution >= 4 is 5.78 Å². The Morgan fingerprint density at radius 2 is 1.94 bits per heavy atom. The van der Waals surface area contributed by atoms with Crippen LogP contribution >= 0.6 is 0 Å². The number of aliphatic hydroxyl groups is 1. The number of rotatable bonds is 7. The third kappa shape index (κ3) is 4.42. The van der Waals surface area contributed by atoms with E-state index >= 15 is 0 Å². The predicted octanol–water partition coefficient (Wildman–Crippen LogP) is 6.91. The number of hydrogen-bond donors (Lipinski definition) is 1.